The lowest BCUT2D eigenvalue weighted by atomic mass is 9.96. The van der Waals surface area contributed by atoms with Crippen molar-refractivity contribution < 1.29 is 18.9 Å². The van der Waals surface area contributed by atoms with E-state index in [1.165, 1.54) is 0 Å². The van der Waals surface area contributed by atoms with E-state index in [9.17, 15) is 5.53 Å². The van der Waals surface area contributed by atoms with Gasteiger partial charge in [0.2, 0.25) is 0 Å². The van der Waals surface area contributed by atoms with Crippen molar-refractivity contribution in [1.29, 1.82) is 0 Å². The lowest BCUT2D eigenvalue weighted by Crippen LogP contribution is -2.59. The molecule has 1 aliphatic rings. The van der Waals surface area contributed by atoms with Crippen LogP contribution in [0.2, 0.25) is 0 Å². The molecule has 4 rings (SSSR count). The smallest absolute Gasteiger partial charge is 0.148 e. The molecule has 3 aromatic carbocycles. The molecule has 3 aromatic rings. The summed E-state index contributed by atoms with van der Waals surface area (Å²) >= 11 is 0. The van der Waals surface area contributed by atoms with Gasteiger partial charge in [0.25, 0.3) is 0 Å². The van der Waals surface area contributed by atoms with Gasteiger partial charge in [-0.15, -0.1) is 0 Å². The Hall–Kier alpha value is -3.88. The van der Waals surface area contributed by atoms with E-state index in [0.717, 1.165) is 16.7 Å². The molecule has 190 valence electrons. The standard InChI is InChI=1S/C27H28N6O4/c28-32-30-24-26(36-18-22-14-8-3-9-15-22)25(35-17-21-12-6-2-7-13-21)23(37-27(24)31-33-29)19-34-16-20-10-4-1-5-11-20/h1-15,23-27H,16-19H2/t23-,24-,25-,26-,27+/m1/s1. The Morgan fingerprint density at radius 1 is 0.649 bits per heavy atom. The maximum absolute atomic E-state index is 9.28. The number of hydrogen-bond donors (Lipinski definition) is 0. The lowest BCUT2D eigenvalue weighted by Gasteiger charge is -2.43. The van der Waals surface area contributed by atoms with Crippen LogP contribution in [0.3, 0.4) is 0 Å². The highest BCUT2D eigenvalue weighted by atomic mass is 16.6. The van der Waals surface area contributed by atoms with Crippen LogP contribution in [0, 0.1) is 0 Å². The summed E-state index contributed by atoms with van der Waals surface area (Å²) in [5.41, 5.74) is 21.4. The van der Waals surface area contributed by atoms with Crippen LogP contribution in [0.4, 0.5) is 0 Å². The van der Waals surface area contributed by atoms with Crippen LogP contribution in [0.5, 0.6) is 0 Å². The third-order valence-electron chi connectivity index (χ3n) is 5.95. The third kappa shape index (κ3) is 7.55. The zero-order valence-corrected chi connectivity index (χ0v) is 20.2. The molecule has 10 heteroatoms. The number of nitrogens with zero attached hydrogens (tertiary/aromatic N) is 6. The van der Waals surface area contributed by atoms with Gasteiger partial charge >= 0.3 is 0 Å². The molecule has 1 fully saturated rings. The average molecular weight is 501 g/mol. The maximum atomic E-state index is 9.28. The van der Waals surface area contributed by atoms with Gasteiger partial charge in [0.1, 0.15) is 18.4 Å². The maximum Gasteiger partial charge on any atom is 0.148 e. The quantitative estimate of drug-likeness (QED) is 0.169. The van der Waals surface area contributed by atoms with E-state index in [1.807, 2.05) is 91.0 Å². The van der Waals surface area contributed by atoms with Crippen LogP contribution in [-0.4, -0.2) is 37.2 Å². The molecule has 1 saturated heterocycles. The first-order valence-electron chi connectivity index (χ1n) is 11.9. The van der Waals surface area contributed by atoms with E-state index in [0.29, 0.717) is 6.61 Å². The van der Waals surface area contributed by atoms with E-state index < -0.39 is 30.6 Å². The summed E-state index contributed by atoms with van der Waals surface area (Å²) < 4.78 is 24.7. The number of hydrogen-bond acceptors (Lipinski definition) is 6. The van der Waals surface area contributed by atoms with Crippen molar-refractivity contribution in [3.05, 3.63) is 129 Å². The van der Waals surface area contributed by atoms with Crippen LogP contribution in [0.1, 0.15) is 16.7 Å². The second-order valence-corrected chi connectivity index (χ2v) is 8.49. The molecule has 0 saturated carbocycles. The lowest BCUT2D eigenvalue weighted by molar-refractivity contribution is -0.226. The van der Waals surface area contributed by atoms with Gasteiger partial charge in [-0.2, -0.15) is 0 Å². The molecule has 37 heavy (non-hydrogen) atoms. The third-order valence-corrected chi connectivity index (χ3v) is 5.95. The van der Waals surface area contributed by atoms with Gasteiger partial charge in [-0.05, 0) is 27.8 Å². The topological polar surface area (TPSA) is 134 Å². The Morgan fingerprint density at radius 2 is 1.14 bits per heavy atom. The van der Waals surface area contributed by atoms with Gasteiger partial charge in [-0.25, -0.2) is 0 Å². The molecule has 0 aromatic heterocycles. The molecule has 0 N–H and O–H groups in total. The van der Waals surface area contributed by atoms with Gasteiger partial charge in [0, 0.05) is 9.82 Å². The largest absolute Gasteiger partial charge is 0.374 e. The molecular weight excluding hydrogens is 472 g/mol. The predicted molar refractivity (Wildman–Crippen MR) is 137 cm³/mol. The zero-order chi connectivity index (χ0) is 25.7. The van der Waals surface area contributed by atoms with Crippen LogP contribution in [0.25, 0.3) is 20.9 Å². The van der Waals surface area contributed by atoms with Crippen molar-refractivity contribution in [3.63, 3.8) is 0 Å². The van der Waals surface area contributed by atoms with Gasteiger partial charge in [-0.1, -0.05) is 101 Å². The van der Waals surface area contributed by atoms with Crippen LogP contribution < -0.4 is 0 Å². The highest BCUT2D eigenvalue weighted by Gasteiger charge is 2.47. The summed E-state index contributed by atoms with van der Waals surface area (Å²) in [6, 6.07) is 28.2. The fraction of sp³-hybridized carbons (Fsp3) is 0.333. The SMILES string of the molecule is [N-]=[N+]=N[C@@H]1[C@@H](OCc2ccccc2)[C@H](OCc2ccccc2)[C@@H](COCc2ccccc2)O[C@@H]1N=[N+]=[N-]. The molecule has 1 heterocycles. The Kier molecular flexibility index (Phi) is 9.92. The number of azide groups is 2. The second-order valence-electron chi connectivity index (χ2n) is 8.49. The predicted octanol–water partition coefficient (Wildman–Crippen LogP) is 6.09. The molecule has 0 bridgehead atoms. The first kappa shape index (κ1) is 26.2. The summed E-state index contributed by atoms with van der Waals surface area (Å²) in [6.45, 7) is 1.05. The van der Waals surface area contributed by atoms with E-state index in [2.05, 4.69) is 20.1 Å². The number of rotatable bonds is 12. The highest BCUT2D eigenvalue weighted by molar-refractivity contribution is 5.15. The first-order chi connectivity index (χ1) is 18.3. The molecule has 0 spiro atoms. The summed E-state index contributed by atoms with van der Waals surface area (Å²) in [6.07, 6.45) is -3.15. The highest BCUT2D eigenvalue weighted by Crippen LogP contribution is 2.31. The first-order valence-corrected chi connectivity index (χ1v) is 11.9. The van der Waals surface area contributed by atoms with Crippen LogP contribution >= 0.6 is 0 Å². The van der Waals surface area contributed by atoms with Crippen molar-refractivity contribution in [2.75, 3.05) is 6.61 Å². The molecular formula is C27H28N6O4. The van der Waals surface area contributed by atoms with Gasteiger partial charge in [0.05, 0.1) is 38.6 Å². The van der Waals surface area contributed by atoms with Gasteiger partial charge in [-0.3, -0.25) is 0 Å². The van der Waals surface area contributed by atoms with E-state index in [1.54, 1.807) is 0 Å². The van der Waals surface area contributed by atoms with Crippen molar-refractivity contribution in [1.82, 2.24) is 0 Å². The normalized spacial score (nSPS) is 23.0. The number of ether oxygens (including phenoxy) is 4. The molecule has 0 unspecified atom stereocenters. The van der Waals surface area contributed by atoms with Crippen molar-refractivity contribution in [3.8, 4) is 0 Å². The Morgan fingerprint density at radius 3 is 1.65 bits per heavy atom. The minimum Gasteiger partial charge on any atom is -0.374 e. The summed E-state index contributed by atoms with van der Waals surface area (Å²) in [5, 5.41) is 7.65. The zero-order valence-electron chi connectivity index (χ0n) is 20.2. The Balaban J connectivity index is 1.58. The molecule has 10 nitrogen and oxygen atoms in total. The van der Waals surface area contributed by atoms with E-state index in [-0.39, 0.29) is 19.8 Å². The summed E-state index contributed by atoms with van der Waals surface area (Å²) in [4.78, 5) is 5.88. The second kappa shape index (κ2) is 14.0. The Labute approximate surface area is 215 Å². The van der Waals surface area contributed by atoms with E-state index in [4.69, 9.17) is 24.5 Å². The van der Waals surface area contributed by atoms with Crippen molar-refractivity contribution in [2.24, 2.45) is 10.2 Å². The minimum absolute atomic E-state index is 0.153. The van der Waals surface area contributed by atoms with Crippen molar-refractivity contribution in [2.45, 2.75) is 50.4 Å². The fourth-order valence-corrected chi connectivity index (χ4v) is 4.16. The number of benzene rings is 3. The molecule has 1 aliphatic heterocycles. The van der Waals surface area contributed by atoms with Crippen LogP contribution in [0.15, 0.2) is 101 Å². The van der Waals surface area contributed by atoms with Gasteiger partial charge < -0.3 is 18.9 Å². The summed E-state index contributed by atoms with van der Waals surface area (Å²) in [5.74, 6) is 0. The molecule has 5 atom stereocenters. The average Bonchev–Trinajstić information content (AvgIpc) is 2.94. The van der Waals surface area contributed by atoms with Gasteiger partial charge in [0.15, 0.2) is 0 Å². The van der Waals surface area contributed by atoms with Crippen molar-refractivity contribution >= 4 is 0 Å². The fourth-order valence-electron chi connectivity index (χ4n) is 4.16. The molecule has 0 aliphatic carbocycles. The van der Waals surface area contributed by atoms with Crippen LogP contribution in [-0.2, 0) is 38.8 Å². The minimum atomic E-state index is -1.08. The Bertz CT molecular complexity index is 1190. The summed E-state index contributed by atoms with van der Waals surface area (Å²) in [7, 11) is 0. The molecule has 0 amide bonds. The molecule has 0 radical (unpaired) electrons. The van der Waals surface area contributed by atoms with E-state index >= 15 is 0 Å². The monoisotopic (exact) mass is 500 g/mol.